The van der Waals surface area contributed by atoms with E-state index in [1.54, 1.807) is 0 Å². The van der Waals surface area contributed by atoms with Gasteiger partial charge in [0.15, 0.2) is 0 Å². The molecule has 1 aliphatic heterocycles. The van der Waals surface area contributed by atoms with E-state index in [-0.39, 0.29) is 0 Å². The van der Waals surface area contributed by atoms with Gasteiger partial charge in [0.2, 0.25) is 0 Å². The van der Waals surface area contributed by atoms with Gasteiger partial charge in [-0.3, -0.25) is 9.88 Å². The number of alkyl halides is 1. The monoisotopic (exact) mass is 238 g/mol. The van der Waals surface area contributed by atoms with Crippen molar-refractivity contribution in [1.29, 1.82) is 0 Å². The third kappa shape index (κ3) is 3.19. The molecule has 3 heteroatoms. The summed E-state index contributed by atoms with van der Waals surface area (Å²) in [6, 6.07) is 6.11. The zero-order valence-corrected chi connectivity index (χ0v) is 10.5. The first-order chi connectivity index (χ1) is 7.75. The molecule has 2 nitrogen and oxygen atoms in total. The lowest BCUT2D eigenvalue weighted by Gasteiger charge is -2.32. The molecule has 1 aliphatic rings. The summed E-state index contributed by atoms with van der Waals surface area (Å²) in [6.07, 6.45) is 4.30. The van der Waals surface area contributed by atoms with Crippen molar-refractivity contribution in [3.8, 4) is 0 Å². The summed E-state index contributed by atoms with van der Waals surface area (Å²) >= 11 is 6.13. The predicted molar refractivity (Wildman–Crippen MR) is 67.6 cm³/mol. The summed E-state index contributed by atoms with van der Waals surface area (Å²) in [7, 11) is 0. The van der Waals surface area contributed by atoms with E-state index < -0.39 is 0 Å². The zero-order chi connectivity index (χ0) is 11.4. The Morgan fingerprint density at radius 3 is 2.75 bits per heavy atom. The van der Waals surface area contributed by atoms with Crippen LogP contribution >= 0.6 is 11.6 Å². The molecule has 0 amide bonds. The lowest BCUT2D eigenvalue weighted by molar-refractivity contribution is 0.175. The quantitative estimate of drug-likeness (QED) is 0.753. The number of likely N-dealkylation sites (tertiary alicyclic amines) is 1. The van der Waals surface area contributed by atoms with Gasteiger partial charge in [-0.05, 0) is 50.9 Å². The summed E-state index contributed by atoms with van der Waals surface area (Å²) < 4.78 is 0. The average Bonchev–Trinajstić information content (AvgIpc) is 2.31. The number of piperidine rings is 1. The Hall–Kier alpha value is -0.600. The minimum atomic E-state index is 0.317. The van der Waals surface area contributed by atoms with Crippen molar-refractivity contribution < 1.29 is 0 Å². The Bertz CT molecular complexity index is 305. The summed E-state index contributed by atoms with van der Waals surface area (Å²) in [5, 5.41) is 0.317. The van der Waals surface area contributed by atoms with Crippen LogP contribution in [0.2, 0.25) is 0 Å². The normalized spacial score (nSPS) is 20.9. The molecule has 0 aromatic carbocycles. The Labute approximate surface area is 103 Å². The van der Waals surface area contributed by atoms with Crippen molar-refractivity contribution in [2.24, 2.45) is 5.92 Å². The fourth-order valence-corrected chi connectivity index (χ4v) is 2.54. The minimum absolute atomic E-state index is 0.317. The molecule has 88 valence electrons. The van der Waals surface area contributed by atoms with Crippen LogP contribution in [0.5, 0.6) is 0 Å². The van der Waals surface area contributed by atoms with Crippen molar-refractivity contribution in [3.63, 3.8) is 0 Å². The van der Waals surface area contributed by atoms with E-state index in [1.807, 2.05) is 12.3 Å². The van der Waals surface area contributed by atoms with E-state index in [0.717, 1.165) is 19.6 Å². The molecule has 0 saturated carbocycles. The Morgan fingerprint density at radius 1 is 1.44 bits per heavy atom. The number of halogens is 1. The molecule has 0 aliphatic carbocycles. The van der Waals surface area contributed by atoms with Crippen molar-refractivity contribution in [1.82, 2.24) is 9.88 Å². The van der Waals surface area contributed by atoms with Crippen molar-refractivity contribution in [3.05, 3.63) is 30.1 Å². The molecule has 2 rings (SSSR count). The summed E-state index contributed by atoms with van der Waals surface area (Å²) in [6.45, 7) is 5.39. The van der Waals surface area contributed by atoms with E-state index >= 15 is 0 Å². The number of nitrogens with zero attached hydrogens (tertiary/aromatic N) is 2. The van der Waals surface area contributed by atoms with Crippen LogP contribution in [0.15, 0.2) is 24.4 Å². The van der Waals surface area contributed by atoms with Crippen molar-refractivity contribution in [2.75, 3.05) is 13.1 Å². The summed E-state index contributed by atoms with van der Waals surface area (Å²) in [4.78, 5) is 6.83. The maximum atomic E-state index is 6.13. The molecule has 1 aromatic rings. The van der Waals surface area contributed by atoms with E-state index in [4.69, 9.17) is 11.6 Å². The van der Waals surface area contributed by atoms with Gasteiger partial charge in [0, 0.05) is 18.1 Å². The van der Waals surface area contributed by atoms with Gasteiger partial charge in [-0.1, -0.05) is 6.07 Å². The van der Waals surface area contributed by atoms with Crippen LogP contribution in [0.25, 0.3) is 0 Å². The molecule has 1 atom stereocenters. The van der Waals surface area contributed by atoms with Crippen LogP contribution in [0.3, 0.4) is 0 Å². The number of hydrogen-bond acceptors (Lipinski definition) is 2. The zero-order valence-electron chi connectivity index (χ0n) is 9.77. The molecule has 1 fully saturated rings. The molecule has 0 N–H and O–H groups in total. The molecule has 2 heterocycles. The topological polar surface area (TPSA) is 16.1 Å². The number of aromatic nitrogens is 1. The lowest BCUT2D eigenvalue weighted by atomic mass is 9.94. The van der Waals surface area contributed by atoms with Crippen LogP contribution in [-0.4, -0.2) is 28.4 Å². The van der Waals surface area contributed by atoms with Gasteiger partial charge in [-0.15, -0.1) is 11.6 Å². The van der Waals surface area contributed by atoms with E-state index in [1.165, 1.54) is 18.5 Å². The average molecular weight is 239 g/mol. The molecule has 1 aromatic heterocycles. The fraction of sp³-hybridized carbons (Fsp3) is 0.615. The fourth-order valence-electron chi connectivity index (χ4n) is 2.29. The van der Waals surface area contributed by atoms with Crippen molar-refractivity contribution in [2.45, 2.75) is 31.7 Å². The van der Waals surface area contributed by atoms with Crippen LogP contribution in [-0.2, 0) is 6.54 Å². The van der Waals surface area contributed by atoms with Gasteiger partial charge < -0.3 is 0 Å². The first-order valence-corrected chi connectivity index (χ1v) is 6.45. The summed E-state index contributed by atoms with van der Waals surface area (Å²) in [5.41, 5.74) is 1.17. The number of hydrogen-bond donors (Lipinski definition) is 0. The molecule has 0 spiro atoms. The van der Waals surface area contributed by atoms with Crippen LogP contribution < -0.4 is 0 Å². The first-order valence-electron chi connectivity index (χ1n) is 6.02. The van der Waals surface area contributed by atoms with E-state index in [9.17, 15) is 0 Å². The molecule has 1 saturated heterocycles. The number of pyridine rings is 1. The first kappa shape index (κ1) is 11.9. The van der Waals surface area contributed by atoms with E-state index in [0.29, 0.717) is 11.3 Å². The van der Waals surface area contributed by atoms with Crippen LogP contribution in [0.4, 0.5) is 0 Å². The van der Waals surface area contributed by atoms with Crippen LogP contribution in [0, 0.1) is 5.92 Å². The molecule has 0 bridgehead atoms. The van der Waals surface area contributed by atoms with Gasteiger partial charge in [0.05, 0.1) is 5.69 Å². The SMILES string of the molecule is CC(Cl)C1CCN(Cc2ccccn2)CC1. The highest BCUT2D eigenvalue weighted by Gasteiger charge is 2.22. The van der Waals surface area contributed by atoms with Gasteiger partial charge >= 0.3 is 0 Å². The Morgan fingerprint density at radius 2 is 2.19 bits per heavy atom. The highest BCUT2D eigenvalue weighted by Crippen LogP contribution is 2.24. The smallest absolute Gasteiger partial charge is 0.0543 e. The largest absolute Gasteiger partial charge is 0.297 e. The third-order valence-electron chi connectivity index (χ3n) is 3.39. The number of rotatable bonds is 3. The van der Waals surface area contributed by atoms with Gasteiger partial charge in [-0.25, -0.2) is 0 Å². The molecular formula is C13H19ClN2. The Kier molecular flexibility index (Phi) is 4.19. The molecule has 16 heavy (non-hydrogen) atoms. The van der Waals surface area contributed by atoms with Gasteiger partial charge in [0.1, 0.15) is 0 Å². The van der Waals surface area contributed by atoms with Crippen molar-refractivity contribution >= 4 is 11.6 Å². The second kappa shape index (κ2) is 5.65. The van der Waals surface area contributed by atoms with E-state index in [2.05, 4.69) is 28.9 Å². The second-order valence-electron chi connectivity index (χ2n) is 4.61. The highest BCUT2D eigenvalue weighted by molar-refractivity contribution is 6.20. The summed E-state index contributed by atoms with van der Waals surface area (Å²) in [5.74, 6) is 0.696. The van der Waals surface area contributed by atoms with Crippen LogP contribution in [0.1, 0.15) is 25.5 Å². The highest BCUT2D eigenvalue weighted by atomic mass is 35.5. The van der Waals surface area contributed by atoms with Gasteiger partial charge in [-0.2, -0.15) is 0 Å². The molecule has 1 unspecified atom stereocenters. The Balaban J connectivity index is 1.82. The standard InChI is InChI=1S/C13H19ClN2/c1-11(14)12-5-8-16(9-6-12)10-13-4-2-3-7-15-13/h2-4,7,11-12H,5-6,8-10H2,1H3. The maximum absolute atomic E-state index is 6.13. The minimum Gasteiger partial charge on any atom is -0.297 e. The lowest BCUT2D eigenvalue weighted by Crippen LogP contribution is -2.35. The third-order valence-corrected chi connectivity index (χ3v) is 3.75. The molecule has 0 radical (unpaired) electrons. The van der Waals surface area contributed by atoms with Gasteiger partial charge in [0.25, 0.3) is 0 Å². The maximum Gasteiger partial charge on any atom is 0.0543 e. The predicted octanol–water partition coefficient (Wildman–Crippen LogP) is 2.92. The molecular weight excluding hydrogens is 220 g/mol. The second-order valence-corrected chi connectivity index (χ2v) is 5.30.